The second-order valence-corrected chi connectivity index (χ2v) is 6.73. The molecule has 26 heavy (non-hydrogen) atoms. The van der Waals surface area contributed by atoms with E-state index >= 15 is 0 Å². The number of nitrogens with one attached hydrogen (secondary N) is 1. The molecule has 0 amide bonds. The van der Waals surface area contributed by atoms with Crippen LogP contribution >= 0.6 is 0 Å². The van der Waals surface area contributed by atoms with Crippen LogP contribution in [0.2, 0.25) is 0 Å². The molecule has 2 aliphatic heterocycles. The smallest absolute Gasteiger partial charge is 0.391 e. The van der Waals surface area contributed by atoms with Crippen LogP contribution in [0.1, 0.15) is 28.7 Å². The van der Waals surface area contributed by atoms with Crippen LogP contribution < -0.4 is 10.2 Å². The van der Waals surface area contributed by atoms with Crippen molar-refractivity contribution in [2.24, 2.45) is 0 Å². The van der Waals surface area contributed by atoms with Crippen LogP contribution in [0, 0.1) is 0 Å². The van der Waals surface area contributed by atoms with Crippen LogP contribution in [0.15, 0.2) is 42.5 Å². The fourth-order valence-corrected chi connectivity index (χ4v) is 3.59. The molecule has 6 heteroatoms. The minimum Gasteiger partial charge on any atom is -0.391 e. The predicted octanol–water partition coefficient (Wildman–Crippen LogP) is 3.88. The molecule has 0 saturated carbocycles. The number of aliphatic hydroxyl groups excluding tert-OH is 1. The number of hydrogen-bond donors (Lipinski definition) is 2. The maximum atomic E-state index is 13.3. The van der Waals surface area contributed by atoms with Gasteiger partial charge in [-0.25, -0.2) is 0 Å². The van der Waals surface area contributed by atoms with Crippen LogP contribution in [0.3, 0.4) is 0 Å². The molecule has 0 aromatic heterocycles. The van der Waals surface area contributed by atoms with Gasteiger partial charge in [-0.05, 0) is 41.8 Å². The lowest BCUT2D eigenvalue weighted by Gasteiger charge is -2.24. The van der Waals surface area contributed by atoms with E-state index in [1.807, 2.05) is 18.2 Å². The molecular formula is C20H19F3N2O. The highest BCUT2D eigenvalue weighted by Gasteiger charge is 2.34. The molecule has 2 heterocycles. The molecule has 0 spiro atoms. The largest absolute Gasteiger partial charge is 0.417 e. The number of benzene rings is 2. The molecular weight excluding hydrogens is 341 g/mol. The molecule has 4 rings (SSSR count). The highest BCUT2D eigenvalue weighted by molar-refractivity contribution is 5.85. The fourth-order valence-electron chi connectivity index (χ4n) is 3.59. The molecule has 2 aromatic rings. The van der Waals surface area contributed by atoms with Crippen LogP contribution in [0.25, 0.3) is 11.8 Å². The van der Waals surface area contributed by atoms with E-state index in [9.17, 15) is 18.3 Å². The third-order valence-corrected chi connectivity index (χ3v) is 4.95. The lowest BCUT2D eigenvalue weighted by atomic mass is 9.96. The number of alkyl halides is 3. The summed E-state index contributed by atoms with van der Waals surface area (Å²) in [6.45, 7) is 1.90. The number of hydrogen-bond acceptors (Lipinski definition) is 3. The molecule has 0 bridgehead atoms. The van der Waals surface area contributed by atoms with Gasteiger partial charge < -0.3 is 15.3 Å². The third-order valence-electron chi connectivity index (χ3n) is 4.95. The standard InChI is InChI=1S/C20H19F3N2O/c21-20(22,23)18-4-2-1-3-17(18)19-10-13-5-6-15(9-14(13)11-24-19)25-8-7-16(26)12-25/h1-6,9-10,16,24,26H,7-8,11-12H2. The maximum absolute atomic E-state index is 13.3. The van der Waals surface area contributed by atoms with Crippen LogP contribution in [-0.4, -0.2) is 24.3 Å². The zero-order valence-corrected chi connectivity index (χ0v) is 14.1. The second-order valence-electron chi connectivity index (χ2n) is 6.73. The first kappa shape index (κ1) is 17.0. The zero-order chi connectivity index (χ0) is 18.3. The Bertz CT molecular complexity index is 860. The number of β-amino-alcohol motifs (C(OH)–C–C–N with tert-alkyl or cyclic N) is 1. The molecule has 0 aliphatic carbocycles. The van der Waals surface area contributed by atoms with Crippen molar-refractivity contribution < 1.29 is 18.3 Å². The van der Waals surface area contributed by atoms with E-state index in [0.717, 1.165) is 35.8 Å². The summed E-state index contributed by atoms with van der Waals surface area (Å²) < 4.78 is 39.8. The van der Waals surface area contributed by atoms with Crippen LogP contribution in [0.5, 0.6) is 0 Å². The Kier molecular flexibility index (Phi) is 4.15. The molecule has 136 valence electrons. The van der Waals surface area contributed by atoms with Gasteiger partial charge >= 0.3 is 6.18 Å². The topological polar surface area (TPSA) is 35.5 Å². The van der Waals surface area contributed by atoms with E-state index in [4.69, 9.17) is 0 Å². The quantitative estimate of drug-likeness (QED) is 0.853. The number of nitrogens with zero attached hydrogens (tertiary/aromatic N) is 1. The van der Waals surface area contributed by atoms with E-state index in [-0.39, 0.29) is 11.7 Å². The average Bonchev–Trinajstić information content (AvgIpc) is 3.06. The molecule has 2 N–H and O–H groups in total. The first-order valence-corrected chi connectivity index (χ1v) is 8.60. The molecule has 3 nitrogen and oxygen atoms in total. The number of aliphatic hydroxyl groups is 1. The van der Waals surface area contributed by atoms with Crippen LogP contribution in [0.4, 0.5) is 18.9 Å². The minimum atomic E-state index is -4.39. The van der Waals surface area contributed by atoms with E-state index in [1.165, 1.54) is 12.1 Å². The van der Waals surface area contributed by atoms with Gasteiger partial charge in [0.05, 0.1) is 11.7 Å². The summed E-state index contributed by atoms with van der Waals surface area (Å²) in [5.74, 6) is 0. The summed E-state index contributed by atoms with van der Waals surface area (Å²) in [4.78, 5) is 2.13. The highest BCUT2D eigenvalue weighted by Crippen LogP contribution is 2.36. The summed E-state index contributed by atoms with van der Waals surface area (Å²) >= 11 is 0. The van der Waals surface area contributed by atoms with Crippen molar-refractivity contribution in [1.82, 2.24) is 5.32 Å². The van der Waals surface area contributed by atoms with Gasteiger partial charge in [-0.1, -0.05) is 24.3 Å². The van der Waals surface area contributed by atoms with E-state index < -0.39 is 11.7 Å². The molecule has 1 fully saturated rings. The SMILES string of the molecule is OC1CCN(c2ccc3c(c2)CNC(c2ccccc2C(F)(F)F)=C3)C1. The Morgan fingerprint density at radius 1 is 1.12 bits per heavy atom. The Morgan fingerprint density at radius 3 is 2.65 bits per heavy atom. The second kappa shape index (κ2) is 6.36. The first-order valence-electron chi connectivity index (χ1n) is 8.60. The molecule has 1 saturated heterocycles. The van der Waals surface area contributed by atoms with Gasteiger partial charge in [0.25, 0.3) is 0 Å². The number of anilines is 1. The van der Waals surface area contributed by atoms with E-state index in [0.29, 0.717) is 18.8 Å². The van der Waals surface area contributed by atoms with Crippen molar-refractivity contribution in [2.45, 2.75) is 25.2 Å². The monoisotopic (exact) mass is 360 g/mol. The highest BCUT2D eigenvalue weighted by atomic mass is 19.4. The van der Waals surface area contributed by atoms with Gasteiger partial charge in [0.2, 0.25) is 0 Å². The van der Waals surface area contributed by atoms with Gasteiger partial charge in [-0.15, -0.1) is 0 Å². The lowest BCUT2D eigenvalue weighted by molar-refractivity contribution is -0.137. The molecule has 0 radical (unpaired) electrons. The van der Waals surface area contributed by atoms with Crippen molar-refractivity contribution in [2.75, 3.05) is 18.0 Å². The number of rotatable bonds is 2. The summed E-state index contributed by atoms with van der Waals surface area (Å²) in [5, 5.41) is 12.8. The lowest BCUT2D eigenvalue weighted by Crippen LogP contribution is -2.23. The molecule has 2 aliphatic rings. The van der Waals surface area contributed by atoms with Gasteiger partial charge in [0.15, 0.2) is 0 Å². The summed E-state index contributed by atoms with van der Waals surface area (Å²) in [7, 11) is 0. The van der Waals surface area contributed by atoms with E-state index in [1.54, 1.807) is 12.1 Å². The Morgan fingerprint density at radius 2 is 1.92 bits per heavy atom. The molecule has 1 unspecified atom stereocenters. The van der Waals surface area contributed by atoms with Crippen molar-refractivity contribution >= 4 is 17.5 Å². The van der Waals surface area contributed by atoms with Crippen molar-refractivity contribution in [3.05, 3.63) is 64.7 Å². The number of fused-ring (bicyclic) bond motifs is 1. The van der Waals surface area contributed by atoms with Crippen LogP contribution in [-0.2, 0) is 12.7 Å². The van der Waals surface area contributed by atoms with Gasteiger partial charge in [0, 0.05) is 36.6 Å². The normalized spacial score (nSPS) is 19.8. The van der Waals surface area contributed by atoms with Gasteiger partial charge in [-0.3, -0.25) is 0 Å². The Hall–Kier alpha value is -2.47. The summed E-state index contributed by atoms with van der Waals surface area (Å²) in [6.07, 6.45) is -2.16. The molecule has 2 aromatic carbocycles. The first-order chi connectivity index (χ1) is 12.4. The Balaban J connectivity index is 1.67. The zero-order valence-electron chi connectivity index (χ0n) is 14.1. The molecule has 1 atom stereocenters. The van der Waals surface area contributed by atoms with Crippen molar-refractivity contribution in [3.63, 3.8) is 0 Å². The minimum absolute atomic E-state index is 0.164. The summed E-state index contributed by atoms with van der Waals surface area (Å²) in [5.41, 5.74) is 3.00. The Labute approximate surface area is 149 Å². The third kappa shape index (κ3) is 3.17. The maximum Gasteiger partial charge on any atom is 0.417 e. The van der Waals surface area contributed by atoms with Crippen molar-refractivity contribution in [1.29, 1.82) is 0 Å². The average molecular weight is 360 g/mol. The summed E-state index contributed by atoms with van der Waals surface area (Å²) in [6, 6.07) is 11.6. The van der Waals surface area contributed by atoms with Gasteiger partial charge in [0.1, 0.15) is 0 Å². The number of halogens is 3. The fraction of sp³-hybridized carbons (Fsp3) is 0.300. The predicted molar refractivity (Wildman–Crippen MR) is 95.4 cm³/mol. The van der Waals surface area contributed by atoms with E-state index in [2.05, 4.69) is 10.2 Å². The van der Waals surface area contributed by atoms with Gasteiger partial charge in [-0.2, -0.15) is 13.2 Å². The van der Waals surface area contributed by atoms with Crippen molar-refractivity contribution in [3.8, 4) is 0 Å².